The number of rotatable bonds is 2. The summed E-state index contributed by atoms with van der Waals surface area (Å²) in [5.41, 5.74) is 1.17. The van der Waals surface area contributed by atoms with Crippen molar-refractivity contribution in [2.75, 3.05) is 18.8 Å². The Morgan fingerprint density at radius 2 is 1.95 bits per heavy atom. The molecule has 1 fully saturated rings. The molecule has 1 aromatic carbocycles. The van der Waals surface area contributed by atoms with Gasteiger partial charge in [-0.05, 0) is 12.0 Å². The van der Waals surface area contributed by atoms with Crippen molar-refractivity contribution in [2.24, 2.45) is 0 Å². The van der Waals surface area contributed by atoms with Gasteiger partial charge in [0, 0.05) is 24.1 Å². The smallest absolute Gasteiger partial charge is 0.342 e. The van der Waals surface area contributed by atoms with Crippen LogP contribution in [-0.4, -0.2) is 35.8 Å². The maximum absolute atomic E-state index is 12.3. The van der Waals surface area contributed by atoms with Gasteiger partial charge in [-0.3, -0.25) is 4.79 Å². The summed E-state index contributed by atoms with van der Waals surface area (Å²) in [5, 5.41) is 0.250. The minimum Gasteiger partial charge on any atom is -0.342 e. The maximum Gasteiger partial charge on any atom is 0.397 e. The number of carbonyl (C=O) groups is 1. The molecule has 0 spiro atoms. The Hall–Kier alpha value is -1.17. The van der Waals surface area contributed by atoms with E-state index in [0.717, 1.165) is 0 Å². The third kappa shape index (κ3) is 4.44. The Bertz CT molecular complexity index is 449. The van der Waals surface area contributed by atoms with Gasteiger partial charge in [0.2, 0.25) is 5.91 Å². The largest absolute Gasteiger partial charge is 0.397 e. The fourth-order valence-electron chi connectivity index (χ4n) is 2.24. The van der Waals surface area contributed by atoms with E-state index in [-0.39, 0.29) is 5.25 Å². The summed E-state index contributed by atoms with van der Waals surface area (Å²) in [5.74, 6) is -0.143. The lowest BCUT2D eigenvalue weighted by Gasteiger charge is -2.21. The Morgan fingerprint density at radius 3 is 2.60 bits per heavy atom. The molecule has 2 nitrogen and oxygen atoms in total. The van der Waals surface area contributed by atoms with Crippen molar-refractivity contribution in [1.82, 2.24) is 4.90 Å². The number of benzene rings is 1. The summed E-state index contributed by atoms with van der Waals surface area (Å²) >= 11 is 1.70. The van der Waals surface area contributed by atoms with Gasteiger partial charge in [-0.2, -0.15) is 24.9 Å². The zero-order valence-corrected chi connectivity index (χ0v) is 11.7. The van der Waals surface area contributed by atoms with Crippen molar-refractivity contribution in [3.05, 3.63) is 35.9 Å². The van der Waals surface area contributed by atoms with Crippen molar-refractivity contribution in [2.45, 2.75) is 24.3 Å². The summed E-state index contributed by atoms with van der Waals surface area (Å²) in [6, 6.07) is 9.88. The van der Waals surface area contributed by atoms with Gasteiger partial charge in [0.05, 0.1) is 0 Å². The van der Waals surface area contributed by atoms with Crippen LogP contribution in [0.3, 0.4) is 0 Å². The molecule has 0 unspecified atom stereocenters. The second kappa shape index (κ2) is 6.52. The van der Waals surface area contributed by atoms with Crippen LogP contribution in [0.25, 0.3) is 0 Å². The molecule has 1 amide bonds. The molecular formula is C14H16F3NOS. The number of halogens is 3. The average molecular weight is 303 g/mol. The zero-order chi connectivity index (χ0) is 14.6. The Balaban J connectivity index is 1.94. The van der Waals surface area contributed by atoms with Crippen LogP contribution < -0.4 is 0 Å². The van der Waals surface area contributed by atoms with Gasteiger partial charge in [-0.25, -0.2) is 0 Å². The number of amides is 1. The van der Waals surface area contributed by atoms with Crippen molar-refractivity contribution in [3.8, 4) is 0 Å². The van der Waals surface area contributed by atoms with Crippen molar-refractivity contribution >= 4 is 17.7 Å². The minimum atomic E-state index is -4.42. The summed E-state index contributed by atoms with van der Waals surface area (Å²) in [6.45, 7) is 0.782. The van der Waals surface area contributed by atoms with Gasteiger partial charge in [0.15, 0.2) is 0 Å². The topological polar surface area (TPSA) is 20.3 Å². The van der Waals surface area contributed by atoms with Gasteiger partial charge in [0.25, 0.3) is 0 Å². The molecule has 1 heterocycles. The van der Waals surface area contributed by atoms with E-state index in [2.05, 4.69) is 0 Å². The molecule has 0 bridgehead atoms. The predicted molar refractivity (Wildman–Crippen MR) is 73.5 cm³/mol. The van der Waals surface area contributed by atoms with E-state index in [9.17, 15) is 18.0 Å². The first-order valence-corrected chi connectivity index (χ1v) is 7.51. The first-order valence-electron chi connectivity index (χ1n) is 6.47. The molecule has 0 N–H and O–H groups in total. The monoisotopic (exact) mass is 303 g/mol. The summed E-state index contributed by atoms with van der Waals surface area (Å²) < 4.78 is 36.8. The third-order valence-electron chi connectivity index (χ3n) is 3.22. The van der Waals surface area contributed by atoms with E-state index in [1.807, 2.05) is 30.3 Å². The van der Waals surface area contributed by atoms with Crippen LogP contribution in [0.5, 0.6) is 0 Å². The second-order valence-electron chi connectivity index (χ2n) is 4.73. The lowest BCUT2D eigenvalue weighted by atomic mass is 10.1. The lowest BCUT2D eigenvalue weighted by molar-refractivity contribution is -0.161. The molecule has 6 heteroatoms. The van der Waals surface area contributed by atoms with Crippen molar-refractivity contribution < 1.29 is 18.0 Å². The first-order chi connectivity index (χ1) is 9.46. The molecule has 1 aromatic rings. The molecule has 1 saturated heterocycles. The van der Waals surface area contributed by atoms with E-state index < -0.39 is 18.5 Å². The first kappa shape index (κ1) is 15.2. The highest BCUT2D eigenvalue weighted by molar-refractivity contribution is 7.99. The van der Waals surface area contributed by atoms with Crippen LogP contribution in [0.15, 0.2) is 30.3 Å². The molecule has 1 aliphatic rings. The fraction of sp³-hybridized carbons (Fsp3) is 0.500. The zero-order valence-electron chi connectivity index (χ0n) is 10.9. The van der Waals surface area contributed by atoms with Crippen LogP contribution in [0, 0.1) is 0 Å². The lowest BCUT2D eigenvalue weighted by Crippen LogP contribution is -2.35. The summed E-state index contributed by atoms with van der Waals surface area (Å²) in [4.78, 5) is 12.9. The fourth-order valence-corrected chi connectivity index (χ4v) is 3.47. The Kier molecular flexibility index (Phi) is 4.96. The Morgan fingerprint density at radius 1 is 1.25 bits per heavy atom. The van der Waals surface area contributed by atoms with E-state index in [1.54, 1.807) is 11.8 Å². The van der Waals surface area contributed by atoms with Crippen LogP contribution >= 0.6 is 11.8 Å². The standard InChI is InChI=1S/C14H16F3NOS/c15-14(16,17)10-13(19)18-7-6-12(20-9-8-18)11-4-2-1-3-5-11/h1-5,12H,6-10H2/t12-/m1/s1. The molecule has 1 atom stereocenters. The number of hydrogen-bond donors (Lipinski definition) is 0. The third-order valence-corrected chi connectivity index (χ3v) is 4.55. The molecule has 0 radical (unpaired) electrons. The van der Waals surface area contributed by atoms with E-state index in [0.29, 0.717) is 25.3 Å². The summed E-state index contributed by atoms with van der Waals surface area (Å²) in [7, 11) is 0. The molecule has 20 heavy (non-hydrogen) atoms. The highest BCUT2D eigenvalue weighted by Crippen LogP contribution is 2.34. The van der Waals surface area contributed by atoms with Crippen LogP contribution in [-0.2, 0) is 4.79 Å². The molecule has 110 valence electrons. The molecular weight excluding hydrogens is 287 g/mol. The van der Waals surface area contributed by atoms with E-state index in [1.165, 1.54) is 10.5 Å². The second-order valence-corrected chi connectivity index (χ2v) is 6.04. The minimum absolute atomic E-state index is 0.250. The van der Waals surface area contributed by atoms with Crippen LogP contribution in [0.1, 0.15) is 23.7 Å². The number of hydrogen-bond acceptors (Lipinski definition) is 2. The average Bonchev–Trinajstić information content (AvgIpc) is 2.63. The van der Waals surface area contributed by atoms with Gasteiger partial charge in [0.1, 0.15) is 6.42 Å². The predicted octanol–water partition coefficient (Wildman–Crippen LogP) is 3.65. The highest BCUT2D eigenvalue weighted by atomic mass is 32.2. The molecule has 0 aliphatic carbocycles. The molecule has 2 rings (SSSR count). The highest BCUT2D eigenvalue weighted by Gasteiger charge is 2.34. The van der Waals surface area contributed by atoms with Gasteiger partial charge < -0.3 is 4.90 Å². The van der Waals surface area contributed by atoms with Crippen LogP contribution in [0.4, 0.5) is 13.2 Å². The number of carbonyl (C=O) groups excluding carboxylic acids is 1. The normalized spacial score (nSPS) is 20.6. The molecule has 1 aliphatic heterocycles. The number of thioether (sulfide) groups is 1. The molecule has 0 saturated carbocycles. The van der Waals surface area contributed by atoms with Crippen LogP contribution in [0.2, 0.25) is 0 Å². The van der Waals surface area contributed by atoms with Gasteiger partial charge in [-0.15, -0.1) is 0 Å². The van der Waals surface area contributed by atoms with E-state index in [4.69, 9.17) is 0 Å². The van der Waals surface area contributed by atoms with Crippen molar-refractivity contribution in [3.63, 3.8) is 0 Å². The maximum atomic E-state index is 12.3. The van der Waals surface area contributed by atoms with Crippen molar-refractivity contribution in [1.29, 1.82) is 0 Å². The molecule has 0 aromatic heterocycles. The van der Waals surface area contributed by atoms with Gasteiger partial charge >= 0.3 is 6.18 Å². The quantitative estimate of drug-likeness (QED) is 0.831. The Labute approximate surface area is 120 Å². The number of nitrogens with zero attached hydrogens (tertiary/aromatic N) is 1. The number of alkyl halides is 3. The van der Waals surface area contributed by atoms with E-state index >= 15 is 0 Å². The SMILES string of the molecule is O=C(CC(F)(F)F)N1CCS[C@@H](c2ccccc2)CC1. The summed E-state index contributed by atoms with van der Waals surface area (Å²) in [6.07, 6.45) is -5.08. The van der Waals surface area contributed by atoms with Gasteiger partial charge in [-0.1, -0.05) is 30.3 Å².